The van der Waals surface area contributed by atoms with Crippen LogP contribution in [0.15, 0.2) is 53.9 Å². The van der Waals surface area contributed by atoms with Gasteiger partial charge in [-0.2, -0.15) is 0 Å². The van der Waals surface area contributed by atoms with Gasteiger partial charge in [0.2, 0.25) is 0 Å². The molecule has 0 radical (unpaired) electrons. The average molecular weight is 359 g/mol. The monoisotopic (exact) mass is 358 g/mol. The number of halogens is 1. The van der Waals surface area contributed by atoms with Crippen LogP contribution >= 0.6 is 23.4 Å². The first kappa shape index (κ1) is 16.7. The van der Waals surface area contributed by atoms with E-state index in [9.17, 15) is 4.79 Å². The molecule has 0 saturated heterocycles. The molecule has 0 aliphatic rings. The van der Waals surface area contributed by atoms with Crippen LogP contribution < -0.4 is 0 Å². The second-order valence-electron chi connectivity index (χ2n) is 5.23. The van der Waals surface area contributed by atoms with Crippen LogP contribution in [0.1, 0.15) is 17.3 Å². The first-order valence-corrected chi connectivity index (χ1v) is 8.58. The van der Waals surface area contributed by atoms with Crippen molar-refractivity contribution >= 4 is 29.1 Å². The zero-order chi connectivity index (χ0) is 17.1. The van der Waals surface area contributed by atoms with Gasteiger partial charge in [-0.05, 0) is 43.3 Å². The predicted octanol–water partition coefficient (Wildman–Crippen LogP) is 3.89. The van der Waals surface area contributed by atoms with Gasteiger partial charge in [-0.25, -0.2) is 0 Å². The molecule has 7 heteroatoms. The lowest BCUT2D eigenvalue weighted by molar-refractivity contribution is 0.0994. The number of carbonyl (C=O) groups excluding carboxylic acids is 1. The molecule has 0 fully saturated rings. The molecule has 0 aliphatic carbocycles. The molecule has 0 N–H and O–H groups in total. The minimum absolute atomic E-state index is 0.0325. The number of carbonyl (C=O) groups is 1. The van der Waals surface area contributed by atoms with Crippen molar-refractivity contribution < 1.29 is 4.79 Å². The maximum absolute atomic E-state index is 12.5. The third-order valence-corrected chi connectivity index (χ3v) is 4.94. The first-order valence-electron chi connectivity index (χ1n) is 7.32. The summed E-state index contributed by atoms with van der Waals surface area (Å²) in [5.74, 6) is 0.774. The van der Waals surface area contributed by atoms with Crippen molar-refractivity contribution in [3.63, 3.8) is 0 Å². The summed E-state index contributed by atoms with van der Waals surface area (Å²) in [4.78, 5) is 16.5. The van der Waals surface area contributed by atoms with E-state index in [1.54, 1.807) is 36.7 Å². The van der Waals surface area contributed by atoms with Crippen LogP contribution in [0.3, 0.4) is 0 Å². The number of hydrogen-bond acceptors (Lipinski definition) is 5. The summed E-state index contributed by atoms with van der Waals surface area (Å²) in [6.07, 6.45) is 3.42. The molecule has 0 saturated carbocycles. The van der Waals surface area contributed by atoms with Crippen molar-refractivity contribution in [3.8, 4) is 11.4 Å². The van der Waals surface area contributed by atoms with Gasteiger partial charge in [-0.15, -0.1) is 10.2 Å². The van der Waals surface area contributed by atoms with Crippen LogP contribution in [0.25, 0.3) is 11.4 Å². The Kier molecular flexibility index (Phi) is 4.97. The number of rotatable bonds is 5. The van der Waals surface area contributed by atoms with Crippen molar-refractivity contribution in [1.29, 1.82) is 0 Å². The predicted molar refractivity (Wildman–Crippen MR) is 95.3 cm³/mol. The second-order valence-corrected chi connectivity index (χ2v) is 6.98. The molecule has 3 rings (SSSR count). The van der Waals surface area contributed by atoms with Crippen LogP contribution in [0.2, 0.25) is 5.02 Å². The molecule has 3 aromatic rings. The summed E-state index contributed by atoms with van der Waals surface area (Å²) in [7, 11) is 1.89. The van der Waals surface area contributed by atoms with Crippen molar-refractivity contribution in [2.45, 2.75) is 17.3 Å². The highest BCUT2D eigenvalue weighted by molar-refractivity contribution is 8.00. The highest BCUT2D eigenvalue weighted by atomic mass is 35.5. The zero-order valence-corrected chi connectivity index (χ0v) is 14.8. The Labute approximate surface area is 149 Å². The highest BCUT2D eigenvalue weighted by Crippen LogP contribution is 2.27. The lowest BCUT2D eigenvalue weighted by atomic mass is 10.1. The normalized spacial score (nSPS) is 12.1. The summed E-state index contributed by atoms with van der Waals surface area (Å²) in [5.41, 5.74) is 1.57. The maximum atomic E-state index is 12.5. The molecular weight excluding hydrogens is 344 g/mol. The van der Waals surface area contributed by atoms with Gasteiger partial charge in [0.1, 0.15) is 0 Å². The van der Waals surface area contributed by atoms with Gasteiger partial charge in [-0.3, -0.25) is 9.78 Å². The van der Waals surface area contributed by atoms with Crippen LogP contribution in [0.4, 0.5) is 0 Å². The lowest BCUT2D eigenvalue weighted by Gasteiger charge is -2.10. The third-order valence-electron chi connectivity index (χ3n) is 3.55. The minimum atomic E-state index is -0.278. The van der Waals surface area contributed by atoms with Gasteiger partial charge in [-0.1, -0.05) is 23.4 Å². The average Bonchev–Trinajstić information content (AvgIpc) is 2.96. The van der Waals surface area contributed by atoms with E-state index in [4.69, 9.17) is 11.6 Å². The first-order chi connectivity index (χ1) is 11.6. The van der Waals surface area contributed by atoms with Crippen molar-refractivity contribution in [3.05, 3.63) is 59.4 Å². The summed E-state index contributed by atoms with van der Waals surface area (Å²) >= 11 is 7.25. The van der Waals surface area contributed by atoms with Crippen LogP contribution in [0.5, 0.6) is 0 Å². The fourth-order valence-electron chi connectivity index (χ4n) is 2.23. The van der Waals surface area contributed by atoms with E-state index in [0.717, 1.165) is 11.4 Å². The van der Waals surface area contributed by atoms with Crippen molar-refractivity contribution in [2.24, 2.45) is 7.05 Å². The Morgan fingerprint density at radius 3 is 2.46 bits per heavy atom. The number of benzene rings is 1. The molecule has 0 aliphatic heterocycles. The Morgan fingerprint density at radius 1 is 1.12 bits per heavy atom. The number of hydrogen-bond donors (Lipinski definition) is 0. The van der Waals surface area contributed by atoms with Gasteiger partial charge in [0.25, 0.3) is 0 Å². The van der Waals surface area contributed by atoms with E-state index < -0.39 is 0 Å². The fraction of sp³-hybridized carbons (Fsp3) is 0.176. The fourth-order valence-corrected chi connectivity index (χ4v) is 3.25. The van der Waals surface area contributed by atoms with Gasteiger partial charge >= 0.3 is 0 Å². The topological polar surface area (TPSA) is 60.7 Å². The van der Waals surface area contributed by atoms with Crippen LogP contribution in [-0.4, -0.2) is 30.8 Å². The minimum Gasteiger partial charge on any atom is -0.305 e. The Bertz CT molecular complexity index is 849. The van der Waals surface area contributed by atoms with Crippen molar-refractivity contribution in [1.82, 2.24) is 19.7 Å². The SMILES string of the molecule is C[C@@H](Sc1nnc(-c2ccncc2)n1C)C(=O)c1ccc(Cl)cc1. The molecule has 24 heavy (non-hydrogen) atoms. The van der Waals surface area contributed by atoms with Gasteiger partial charge in [0.15, 0.2) is 16.8 Å². The van der Waals surface area contributed by atoms with Gasteiger partial charge in [0.05, 0.1) is 5.25 Å². The van der Waals surface area contributed by atoms with Crippen molar-refractivity contribution in [2.75, 3.05) is 0 Å². The molecular formula is C17H15ClN4OS. The molecule has 2 heterocycles. The third kappa shape index (κ3) is 3.49. The van der Waals surface area contributed by atoms with E-state index >= 15 is 0 Å². The molecule has 0 bridgehead atoms. The molecule has 0 spiro atoms. The Balaban J connectivity index is 1.78. The molecule has 0 unspecified atom stereocenters. The van der Waals surface area contributed by atoms with Crippen LogP contribution in [-0.2, 0) is 7.05 Å². The Morgan fingerprint density at radius 2 is 1.79 bits per heavy atom. The lowest BCUT2D eigenvalue weighted by Crippen LogP contribution is -2.14. The summed E-state index contributed by atoms with van der Waals surface area (Å²) in [5, 5.41) is 9.45. The molecule has 5 nitrogen and oxygen atoms in total. The molecule has 122 valence electrons. The molecule has 1 aromatic carbocycles. The van der Waals surface area contributed by atoms with E-state index in [-0.39, 0.29) is 11.0 Å². The summed E-state index contributed by atoms with van der Waals surface area (Å²) in [6.45, 7) is 1.86. The summed E-state index contributed by atoms with van der Waals surface area (Å²) in [6, 6.07) is 10.7. The number of ketones is 1. The zero-order valence-electron chi connectivity index (χ0n) is 13.2. The van der Waals surface area contributed by atoms with E-state index in [2.05, 4.69) is 15.2 Å². The molecule has 1 atom stereocenters. The maximum Gasteiger partial charge on any atom is 0.191 e. The highest BCUT2D eigenvalue weighted by Gasteiger charge is 2.20. The van der Waals surface area contributed by atoms with E-state index in [0.29, 0.717) is 15.7 Å². The smallest absolute Gasteiger partial charge is 0.191 e. The standard InChI is InChI=1S/C17H15ClN4OS/c1-11(15(23)12-3-5-14(18)6-4-12)24-17-21-20-16(22(17)2)13-7-9-19-10-8-13/h3-11H,1-2H3/t11-/m1/s1. The molecule has 2 aromatic heterocycles. The van der Waals surface area contributed by atoms with Crippen LogP contribution in [0, 0.1) is 0 Å². The summed E-state index contributed by atoms with van der Waals surface area (Å²) < 4.78 is 1.88. The second kappa shape index (κ2) is 7.15. The Hall–Kier alpha value is -2.18. The number of thioether (sulfide) groups is 1. The van der Waals surface area contributed by atoms with Gasteiger partial charge < -0.3 is 4.57 Å². The number of nitrogens with zero attached hydrogens (tertiary/aromatic N) is 4. The number of Topliss-reactive ketones (excluding diaryl/α,β-unsaturated/α-hetero) is 1. The number of pyridine rings is 1. The molecule has 0 amide bonds. The van der Waals surface area contributed by atoms with E-state index in [1.807, 2.05) is 30.7 Å². The quantitative estimate of drug-likeness (QED) is 0.511. The number of aromatic nitrogens is 4. The largest absolute Gasteiger partial charge is 0.305 e. The van der Waals surface area contributed by atoms with E-state index in [1.165, 1.54) is 11.8 Å². The van der Waals surface area contributed by atoms with Gasteiger partial charge in [0, 0.05) is 35.6 Å².